The van der Waals surface area contributed by atoms with Crippen LogP contribution in [0.2, 0.25) is 10.4 Å². The molecule has 0 saturated heterocycles. The van der Waals surface area contributed by atoms with Gasteiger partial charge in [0.15, 0.2) is 0 Å². The van der Waals surface area contributed by atoms with Crippen LogP contribution in [0.15, 0.2) is 24.3 Å². The average molecular weight is 252 g/mol. The van der Waals surface area contributed by atoms with Crippen molar-refractivity contribution in [3.05, 3.63) is 29.8 Å². The Balaban J connectivity index is 2.87. The molecule has 0 amide bonds. The molecule has 0 atom stereocenters. The predicted octanol–water partition coefficient (Wildman–Crippen LogP) is 2.63. The molecule has 0 fully saturated rings. The molecule has 0 N–H and O–H groups in total. The summed E-state index contributed by atoms with van der Waals surface area (Å²) in [6, 6.07) is 8.21. The van der Waals surface area contributed by atoms with Crippen LogP contribution in [0, 0.1) is 0 Å². The molecular formula is C12H17AsO. The minimum atomic E-state index is -0.781. The van der Waals surface area contributed by atoms with Crippen LogP contribution in [-0.2, 0) is 0 Å². The van der Waals surface area contributed by atoms with E-state index in [0.29, 0.717) is 0 Å². The summed E-state index contributed by atoms with van der Waals surface area (Å²) in [4.78, 5) is 11.1. The molecule has 0 saturated carbocycles. The molecule has 1 nitrogen and oxygen atoms in total. The van der Waals surface area contributed by atoms with Gasteiger partial charge in [-0.25, -0.2) is 0 Å². The predicted molar refractivity (Wildman–Crippen MR) is 62.8 cm³/mol. The zero-order chi connectivity index (χ0) is 10.6. The Labute approximate surface area is 90.8 Å². The van der Waals surface area contributed by atoms with E-state index < -0.39 is 14.7 Å². The van der Waals surface area contributed by atoms with Gasteiger partial charge in [-0.1, -0.05) is 0 Å². The normalized spacial score (nSPS) is 10.6. The van der Waals surface area contributed by atoms with E-state index in [1.54, 1.807) is 6.92 Å². The van der Waals surface area contributed by atoms with E-state index in [9.17, 15) is 4.79 Å². The average Bonchev–Trinajstić information content (AvgIpc) is 2.20. The first-order valence-corrected chi connectivity index (χ1v) is 8.64. The summed E-state index contributed by atoms with van der Waals surface area (Å²) >= 11 is -0.781. The third-order valence-electron chi connectivity index (χ3n) is 2.40. The minimum absolute atomic E-state index is 0.156. The van der Waals surface area contributed by atoms with Gasteiger partial charge >= 0.3 is 90.6 Å². The number of carbonyl (C=O) groups excluding carboxylic acids is 1. The molecule has 14 heavy (non-hydrogen) atoms. The second kappa shape index (κ2) is 5.36. The summed E-state index contributed by atoms with van der Waals surface area (Å²) in [5, 5.41) is 2.62. The first-order valence-electron chi connectivity index (χ1n) is 5.05. The van der Waals surface area contributed by atoms with Gasteiger partial charge in [-0.15, -0.1) is 0 Å². The standard InChI is InChI=1S/C12H17AsO/c1-4-13(5-2)12-8-6-11(7-9-12)10(3)14/h6-9H,4-5H2,1-3H3. The number of hydrogen-bond donors (Lipinski definition) is 0. The van der Waals surface area contributed by atoms with Crippen molar-refractivity contribution in [3.8, 4) is 0 Å². The van der Waals surface area contributed by atoms with E-state index in [0.717, 1.165) is 5.56 Å². The second-order valence-corrected chi connectivity index (χ2v) is 9.28. The van der Waals surface area contributed by atoms with Gasteiger partial charge in [0.1, 0.15) is 0 Å². The maximum atomic E-state index is 11.1. The monoisotopic (exact) mass is 252 g/mol. The third-order valence-corrected chi connectivity index (χ3v) is 7.76. The van der Waals surface area contributed by atoms with Crippen LogP contribution in [-0.4, -0.2) is 20.4 Å². The van der Waals surface area contributed by atoms with Gasteiger partial charge in [0.2, 0.25) is 0 Å². The zero-order valence-corrected chi connectivity index (χ0v) is 11.0. The van der Waals surface area contributed by atoms with Crippen LogP contribution < -0.4 is 4.35 Å². The molecule has 1 rings (SSSR count). The summed E-state index contributed by atoms with van der Waals surface area (Å²) in [5.41, 5.74) is 0.829. The summed E-state index contributed by atoms with van der Waals surface area (Å²) in [7, 11) is 0. The summed E-state index contributed by atoms with van der Waals surface area (Å²) < 4.78 is 1.49. The third kappa shape index (κ3) is 2.72. The van der Waals surface area contributed by atoms with Crippen LogP contribution in [0.3, 0.4) is 0 Å². The quantitative estimate of drug-likeness (QED) is 0.594. The summed E-state index contributed by atoms with van der Waals surface area (Å²) in [6.07, 6.45) is 0. The van der Waals surface area contributed by atoms with Gasteiger partial charge in [0, 0.05) is 0 Å². The van der Waals surface area contributed by atoms with Crippen LogP contribution in [0.25, 0.3) is 0 Å². The van der Waals surface area contributed by atoms with E-state index >= 15 is 0 Å². The van der Waals surface area contributed by atoms with Gasteiger partial charge in [-0.3, -0.25) is 0 Å². The van der Waals surface area contributed by atoms with Crippen molar-refractivity contribution in [1.82, 2.24) is 0 Å². The molecule has 76 valence electrons. The Kier molecular flexibility index (Phi) is 4.41. The van der Waals surface area contributed by atoms with Gasteiger partial charge in [-0.2, -0.15) is 0 Å². The Hall–Kier alpha value is -0.552. The molecule has 1 aromatic rings. The van der Waals surface area contributed by atoms with Gasteiger partial charge in [0.25, 0.3) is 0 Å². The molecule has 1 aromatic carbocycles. The van der Waals surface area contributed by atoms with E-state index in [4.69, 9.17) is 0 Å². The molecular weight excluding hydrogens is 235 g/mol. The maximum absolute atomic E-state index is 11.1. The van der Waals surface area contributed by atoms with E-state index in [1.807, 2.05) is 12.1 Å². The van der Waals surface area contributed by atoms with Crippen molar-refractivity contribution in [1.29, 1.82) is 0 Å². The van der Waals surface area contributed by atoms with Crippen molar-refractivity contribution in [3.63, 3.8) is 0 Å². The number of hydrogen-bond acceptors (Lipinski definition) is 1. The molecule has 0 heterocycles. The van der Waals surface area contributed by atoms with E-state index in [2.05, 4.69) is 26.0 Å². The van der Waals surface area contributed by atoms with Crippen LogP contribution in [0.4, 0.5) is 0 Å². The molecule has 0 aliphatic rings. The van der Waals surface area contributed by atoms with Gasteiger partial charge < -0.3 is 0 Å². The Morgan fingerprint density at radius 1 is 1.14 bits per heavy atom. The summed E-state index contributed by atoms with van der Waals surface area (Å²) in [5.74, 6) is 0.156. The molecule has 2 heteroatoms. The van der Waals surface area contributed by atoms with Crippen LogP contribution in [0.1, 0.15) is 31.1 Å². The SMILES string of the molecule is CC[As](CC)c1ccc(C(C)=O)cc1. The number of ketones is 1. The fraction of sp³-hybridized carbons (Fsp3) is 0.417. The molecule has 0 aromatic heterocycles. The first-order chi connectivity index (χ1) is 6.69. The van der Waals surface area contributed by atoms with Crippen molar-refractivity contribution >= 4 is 24.8 Å². The molecule has 0 bridgehead atoms. The van der Waals surface area contributed by atoms with Crippen molar-refractivity contribution in [2.45, 2.75) is 31.2 Å². The van der Waals surface area contributed by atoms with Crippen molar-refractivity contribution < 1.29 is 4.79 Å². The van der Waals surface area contributed by atoms with E-state index in [1.165, 1.54) is 14.8 Å². The van der Waals surface area contributed by atoms with E-state index in [-0.39, 0.29) is 5.78 Å². The molecule has 0 unspecified atom stereocenters. The molecule has 0 spiro atoms. The first kappa shape index (κ1) is 11.5. The van der Waals surface area contributed by atoms with Crippen LogP contribution in [0.5, 0.6) is 0 Å². The summed E-state index contributed by atoms with van der Waals surface area (Å²) in [6.45, 7) is 6.15. The Bertz CT molecular complexity index is 299. The number of carbonyl (C=O) groups is 1. The second-order valence-electron chi connectivity index (χ2n) is 3.28. The molecule has 0 aliphatic heterocycles. The van der Waals surface area contributed by atoms with Crippen molar-refractivity contribution in [2.24, 2.45) is 0 Å². The van der Waals surface area contributed by atoms with Gasteiger partial charge in [0.05, 0.1) is 0 Å². The van der Waals surface area contributed by atoms with Crippen LogP contribution >= 0.6 is 0 Å². The fourth-order valence-electron chi connectivity index (χ4n) is 1.50. The van der Waals surface area contributed by atoms with Gasteiger partial charge in [-0.05, 0) is 0 Å². The molecule has 0 aliphatic carbocycles. The number of rotatable bonds is 4. The number of benzene rings is 1. The topological polar surface area (TPSA) is 17.1 Å². The zero-order valence-electron chi connectivity index (χ0n) is 9.08. The fourth-order valence-corrected chi connectivity index (χ4v) is 5.16. The Morgan fingerprint density at radius 3 is 2.00 bits per heavy atom. The number of Topliss-reactive ketones (excluding diaryl/α,β-unsaturated/α-hetero) is 1. The van der Waals surface area contributed by atoms with Crippen molar-refractivity contribution in [2.75, 3.05) is 0 Å². The molecule has 0 radical (unpaired) electrons. The Morgan fingerprint density at radius 2 is 1.64 bits per heavy atom.